The summed E-state index contributed by atoms with van der Waals surface area (Å²) >= 11 is 0. The second-order valence-corrected chi connectivity index (χ2v) is 8.34. The third-order valence-corrected chi connectivity index (χ3v) is 6.07. The van der Waals surface area contributed by atoms with Crippen LogP contribution >= 0.6 is 0 Å². The lowest BCUT2D eigenvalue weighted by molar-refractivity contribution is -0.116. The number of benzene rings is 1. The number of nitrogens with zero attached hydrogens (tertiary/aromatic N) is 2. The highest BCUT2D eigenvalue weighted by Crippen LogP contribution is 2.20. The molecule has 0 aromatic heterocycles. The molecule has 0 aliphatic carbocycles. The molecule has 2 aliphatic heterocycles. The summed E-state index contributed by atoms with van der Waals surface area (Å²) in [4.78, 5) is 17.2. The van der Waals surface area contributed by atoms with Crippen molar-refractivity contribution < 1.29 is 4.79 Å². The molecule has 0 spiro atoms. The molecule has 1 amide bonds. The smallest absolute Gasteiger partial charge is 0.224 e. The van der Waals surface area contributed by atoms with Gasteiger partial charge in [0.2, 0.25) is 5.91 Å². The van der Waals surface area contributed by atoms with E-state index in [0.29, 0.717) is 18.5 Å². The second kappa shape index (κ2) is 10.2. The molecule has 3 N–H and O–H groups in total. The Morgan fingerprint density at radius 1 is 1.11 bits per heavy atom. The normalized spacial score (nSPS) is 22.7. The monoisotopic (exact) mass is 372 g/mol. The van der Waals surface area contributed by atoms with E-state index in [9.17, 15) is 4.79 Å². The first-order chi connectivity index (χ1) is 13.1. The molecule has 0 bridgehead atoms. The molecule has 1 atom stereocenters. The molecular formula is C22H36N4O. The van der Waals surface area contributed by atoms with Gasteiger partial charge in [0.05, 0.1) is 0 Å². The van der Waals surface area contributed by atoms with Crippen molar-refractivity contribution in [3.63, 3.8) is 0 Å². The summed E-state index contributed by atoms with van der Waals surface area (Å²) in [6.07, 6.45) is 7.61. The van der Waals surface area contributed by atoms with Crippen molar-refractivity contribution >= 4 is 11.6 Å². The van der Waals surface area contributed by atoms with E-state index >= 15 is 0 Å². The summed E-state index contributed by atoms with van der Waals surface area (Å²) in [5, 5.41) is 3.04. The second-order valence-electron chi connectivity index (χ2n) is 8.34. The van der Waals surface area contributed by atoms with Gasteiger partial charge in [-0.25, -0.2) is 0 Å². The maximum absolute atomic E-state index is 12.2. The van der Waals surface area contributed by atoms with Crippen molar-refractivity contribution in [3.05, 3.63) is 29.8 Å². The third-order valence-electron chi connectivity index (χ3n) is 6.07. The molecule has 27 heavy (non-hydrogen) atoms. The summed E-state index contributed by atoms with van der Waals surface area (Å²) in [5.74, 6) is 0.112. The van der Waals surface area contributed by atoms with Crippen LogP contribution in [0.3, 0.4) is 0 Å². The van der Waals surface area contributed by atoms with Crippen LogP contribution < -0.4 is 11.1 Å². The first-order valence-electron chi connectivity index (χ1n) is 10.7. The van der Waals surface area contributed by atoms with Crippen LogP contribution in [0.5, 0.6) is 0 Å². The van der Waals surface area contributed by atoms with Crippen LogP contribution in [0.2, 0.25) is 0 Å². The number of anilines is 1. The summed E-state index contributed by atoms with van der Waals surface area (Å²) in [6, 6.07) is 9.41. The molecule has 1 unspecified atom stereocenters. The molecule has 2 fully saturated rings. The Balaban J connectivity index is 1.36. The van der Waals surface area contributed by atoms with Gasteiger partial charge in [0.25, 0.3) is 0 Å². The number of nitrogens with two attached hydrogens (primary N) is 1. The van der Waals surface area contributed by atoms with E-state index in [-0.39, 0.29) is 5.91 Å². The topological polar surface area (TPSA) is 61.6 Å². The van der Waals surface area contributed by atoms with Gasteiger partial charge in [0, 0.05) is 30.7 Å². The van der Waals surface area contributed by atoms with E-state index in [1.54, 1.807) is 0 Å². The summed E-state index contributed by atoms with van der Waals surface area (Å²) in [6.45, 7) is 7.66. The van der Waals surface area contributed by atoms with Crippen LogP contribution in [-0.2, 0) is 11.3 Å². The van der Waals surface area contributed by atoms with Gasteiger partial charge in [0.15, 0.2) is 0 Å². The molecule has 0 radical (unpaired) electrons. The van der Waals surface area contributed by atoms with Gasteiger partial charge in [-0.15, -0.1) is 0 Å². The number of amides is 1. The Labute approximate surface area is 164 Å². The molecule has 2 saturated heterocycles. The van der Waals surface area contributed by atoms with Crippen molar-refractivity contribution in [1.29, 1.82) is 0 Å². The number of carbonyl (C=O) groups excluding carboxylic acids is 1. The Morgan fingerprint density at radius 2 is 1.85 bits per heavy atom. The fourth-order valence-corrected chi connectivity index (χ4v) is 4.18. The number of rotatable bonds is 7. The number of hydrogen-bond acceptors (Lipinski definition) is 4. The summed E-state index contributed by atoms with van der Waals surface area (Å²) in [5.41, 5.74) is 8.16. The zero-order chi connectivity index (χ0) is 19.1. The molecule has 150 valence electrons. The quantitative estimate of drug-likeness (QED) is 0.772. The average Bonchev–Trinajstić information content (AvgIpc) is 2.67. The first-order valence-corrected chi connectivity index (χ1v) is 10.7. The highest BCUT2D eigenvalue weighted by atomic mass is 16.1. The first kappa shape index (κ1) is 20.3. The maximum atomic E-state index is 12.2. The molecule has 1 aromatic carbocycles. The van der Waals surface area contributed by atoms with Gasteiger partial charge in [-0.05, 0) is 82.9 Å². The van der Waals surface area contributed by atoms with Crippen molar-refractivity contribution in [3.8, 4) is 0 Å². The minimum atomic E-state index is 0.112. The molecular weight excluding hydrogens is 336 g/mol. The van der Waals surface area contributed by atoms with Crippen LogP contribution in [0.1, 0.15) is 57.4 Å². The largest absolute Gasteiger partial charge is 0.328 e. The number of likely N-dealkylation sites (tertiary alicyclic amines) is 2. The predicted molar refractivity (Wildman–Crippen MR) is 112 cm³/mol. The zero-order valence-corrected chi connectivity index (χ0v) is 16.8. The molecule has 2 aliphatic rings. The van der Waals surface area contributed by atoms with Crippen molar-refractivity contribution in [1.82, 2.24) is 9.80 Å². The molecule has 0 saturated carbocycles. The lowest BCUT2D eigenvalue weighted by Gasteiger charge is -2.33. The van der Waals surface area contributed by atoms with Gasteiger partial charge in [0.1, 0.15) is 0 Å². The SMILES string of the molecule is CC1CCCCN1Cc1ccc(NC(=O)CCCN2CCC(N)CC2)cc1. The number of piperidine rings is 2. The van der Waals surface area contributed by atoms with E-state index in [0.717, 1.165) is 51.1 Å². The molecule has 3 rings (SSSR count). The Morgan fingerprint density at radius 3 is 2.56 bits per heavy atom. The van der Waals surface area contributed by atoms with Gasteiger partial charge < -0.3 is 16.0 Å². The highest BCUT2D eigenvalue weighted by molar-refractivity contribution is 5.90. The number of nitrogens with one attached hydrogen (secondary N) is 1. The fourth-order valence-electron chi connectivity index (χ4n) is 4.18. The van der Waals surface area contributed by atoms with Gasteiger partial charge >= 0.3 is 0 Å². The Kier molecular flexibility index (Phi) is 7.68. The van der Waals surface area contributed by atoms with E-state index in [1.165, 1.54) is 31.4 Å². The lowest BCUT2D eigenvalue weighted by atomic mass is 10.0. The van der Waals surface area contributed by atoms with Crippen molar-refractivity contribution in [2.45, 2.75) is 70.5 Å². The molecule has 2 heterocycles. The van der Waals surface area contributed by atoms with E-state index < -0.39 is 0 Å². The zero-order valence-electron chi connectivity index (χ0n) is 16.8. The Hall–Kier alpha value is -1.43. The average molecular weight is 373 g/mol. The van der Waals surface area contributed by atoms with E-state index in [4.69, 9.17) is 5.73 Å². The van der Waals surface area contributed by atoms with Gasteiger partial charge in [-0.2, -0.15) is 0 Å². The summed E-state index contributed by atoms with van der Waals surface area (Å²) < 4.78 is 0. The molecule has 5 heteroatoms. The minimum absolute atomic E-state index is 0.112. The lowest BCUT2D eigenvalue weighted by Crippen LogP contribution is -2.40. The molecule has 5 nitrogen and oxygen atoms in total. The predicted octanol–water partition coefficient (Wildman–Crippen LogP) is 3.20. The summed E-state index contributed by atoms with van der Waals surface area (Å²) in [7, 11) is 0. The van der Waals surface area contributed by atoms with Crippen LogP contribution in [0.25, 0.3) is 0 Å². The van der Waals surface area contributed by atoms with Crippen LogP contribution in [0.15, 0.2) is 24.3 Å². The fraction of sp³-hybridized carbons (Fsp3) is 0.682. The van der Waals surface area contributed by atoms with Crippen LogP contribution in [-0.4, -0.2) is 54.0 Å². The maximum Gasteiger partial charge on any atom is 0.224 e. The third kappa shape index (κ3) is 6.59. The minimum Gasteiger partial charge on any atom is -0.328 e. The molecule has 1 aromatic rings. The standard InChI is InChI=1S/C22H36N4O/c1-18-5-2-3-14-26(18)17-19-7-9-21(10-8-19)24-22(27)6-4-13-25-15-11-20(23)12-16-25/h7-10,18,20H,2-6,11-17,23H2,1H3,(H,24,27). The van der Waals surface area contributed by atoms with Crippen LogP contribution in [0, 0.1) is 0 Å². The van der Waals surface area contributed by atoms with E-state index in [2.05, 4.69) is 34.2 Å². The number of hydrogen-bond donors (Lipinski definition) is 2. The van der Waals surface area contributed by atoms with Crippen LogP contribution in [0.4, 0.5) is 5.69 Å². The van der Waals surface area contributed by atoms with Gasteiger partial charge in [-0.1, -0.05) is 18.6 Å². The number of carbonyl (C=O) groups is 1. The van der Waals surface area contributed by atoms with Gasteiger partial charge in [-0.3, -0.25) is 9.69 Å². The van der Waals surface area contributed by atoms with Crippen molar-refractivity contribution in [2.24, 2.45) is 5.73 Å². The Bertz CT molecular complexity index is 580. The highest BCUT2D eigenvalue weighted by Gasteiger charge is 2.18. The van der Waals surface area contributed by atoms with E-state index in [1.807, 2.05) is 12.1 Å². The van der Waals surface area contributed by atoms with Crippen molar-refractivity contribution in [2.75, 3.05) is 31.5 Å².